The number of unbranched alkanes of at least 4 members (excludes halogenated alkanes) is 1. The first-order chi connectivity index (χ1) is 19.3. The number of aromatic nitrogens is 3. The molecule has 2 aromatic heterocycles. The highest BCUT2D eigenvalue weighted by Crippen LogP contribution is 2.32. The van der Waals surface area contributed by atoms with Crippen LogP contribution in [-0.2, 0) is 30.1 Å². The number of halogens is 6. The van der Waals surface area contributed by atoms with Gasteiger partial charge < -0.3 is 10.4 Å². The number of carbonyl (C=O) groups is 2. The summed E-state index contributed by atoms with van der Waals surface area (Å²) in [7, 11) is 0. The molecule has 0 unspecified atom stereocenters. The lowest BCUT2D eigenvalue weighted by Crippen LogP contribution is -2.23. The predicted molar refractivity (Wildman–Crippen MR) is 136 cm³/mol. The summed E-state index contributed by atoms with van der Waals surface area (Å²) in [6.45, 7) is -0.0740. The van der Waals surface area contributed by atoms with Gasteiger partial charge in [0.05, 0.1) is 28.0 Å². The first kappa shape index (κ1) is 29.4. The van der Waals surface area contributed by atoms with Crippen LogP contribution in [0.5, 0.6) is 0 Å². The highest BCUT2D eigenvalue weighted by molar-refractivity contribution is 5.97. The van der Waals surface area contributed by atoms with E-state index in [0.717, 1.165) is 24.4 Å². The van der Waals surface area contributed by atoms with Crippen LogP contribution < -0.4 is 5.32 Å². The molecule has 0 spiro atoms. The van der Waals surface area contributed by atoms with Crippen molar-refractivity contribution >= 4 is 22.9 Å². The van der Waals surface area contributed by atoms with E-state index >= 15 is 0 Å². The predicted octanol–water partition coefficient (Wildman–Crippen LogP) is 6.46. The molecular weight excluding hydrogens is 554 g/mol. The molecule has 1 amide bonds. The summed E-state index contributed by atoms with van der Waals surface area (Å²) in [5.41, 5.74) is 0.561. The maximum Gasteiger partial charge on any atom is 0.433 e. The van der Waals surface area contributed by atoms with Crippen LogP contribution >= 0.6 is 0 Å². The number of nitrogens with zero attached hydrogens (tertiary/aromatic N) is 3. The van der Waals surface area contributed by atoms with E-state index in [4.69, 9.17) is 5.11 Å². The van der Waals surface area contributed by atoms with E-state index in [1.165, 1.54) is 36.4 Å². The van der Waals surface area contributed by atoms with Gasteiger partial charge in [0.25, 0.3) is 5.91 Å². The number of fused-ring (bicyclic) bond motifs is 1. The monoisotopic (exact) mass is 576 g/mol. The van der Waals surface area contributed by atoms with Crippen molar-refractivity contribution in [2.75, 3.05) is 0 Å². The Morgan fingerprint density at radius 2 is 1.56 bits per heavy atom. The number of carboxylic acids is 1. The summed E-state index contributed by atoms with van der Waals surface area (Å²) in [6, 6.07) is 11.0. The molecular formula is C28H22F6N4O3. The fraction of sp³-hybridized carbons (Fsp3) is 0.250. The maximum atomic E-state index is 13.0. The SMILES string of the molecule is O=C(O)CCCCc1nc2cc(C(=O)NCc3ccc(C(F)(F)F)nc3)ccc2nc1-c1ccc(C(F)(F)F)cc1. The van der Waals surface area contributed by atoms with Crippen molar-refractivity contribution in [1.82, 2.24) is 20.3 Å². The number of benzene rings is 2. The Labute approximate surface area is 229 Å². The van der Waals surface area contributed by atoms with Gasteiger partial charge in [-0.15, -0.1) is 0 Å². The summed E-state index contributed by atoms with van der Waals surface area (Å²) >= 11 is 0. The molecule has 2 heterocycles. The van der Waals surface area contributed by atoms with Crippen LogP contribution in [0.1, 0.15) is 52.1 Å². The standard InChI is InChI=1S/C28H22F6N4O3/c29-27(30,31)19-9-6-17(7-10-19)25-21(3-1-2-4-24(39)40)37-22-13-18(8-11-20(22)38-25)26(41)36-15-16-5-12-23(35-14-16)28(32,33)34/h5-14H,1-4,15H2,(H,36,41)(H,39,40). The summed E-state index contributed by atoms with van der Waals surface area (Å²) in [5.74, 6) is -1.48. The van der Waals surface area contributed by atoms with E-state index in [2.05, 4.69) is 20.3 Å². The van der Waals surface area contributed by atoms with Crippen LogP contribution in [0.15, 0.2) is 60.8 Å². The number of aliphatic carboxylic acids is 1. The number of carboxylic acid groups (broad SMARTS) is 1. The number of aryl methyl sites for hydroxylation is 1. The topological polar surface area (TPSA) is 105 Å². The smallest absolute Gasteiger partial charge is 0.433 e. The van der Waals surface area contributed by atoms with Crippen LogP contribution in [0.2, 0.25) is 0 Å². The lowest BCUT2D eigenvalue weighted by atomic mass is 10.0. The minimum absolute atomic E-state index is 0.0601. The lowest BCUT2D eigenvalue weighted by Gasteiger charge is -2.12. The van der Waals surface area contributed by atoms with Gasteiger partial charge in [0, 0.05) is 30.3 Å². The van der Waals surface area contributed by atoms with Crippen molar-refractivity contribution in [3.63, 3.8) is 0 Å². The van der Waals surface area contributed by atoms with E-state index < -0.39 is 35.5 Å². The second kappa shape index (κ2) is 11.9. The molecule has 0 saturated heterocycles. The van der Waals surface area contributed by atoms with Crippen LogP contribution in [0.3, 0.4) is 0 Å². The van der Waals surface area contributed by atoms with Gasteiger partial charge in [-0.05, 0) is 61.2 Å². The summed E-state index contributed by atoms with van der Waals surface area (Å²) < 4.78 is 77.2. The largest absolute Gasteiger partial charge is 0.481 e. The molecule has 2 N–H and O–H groups in total. The molecule has 4 rings (SSSR count). The van der Waals surface area contributed by atoms with Gasteiger partial charge in [0.2, 0.25) is 0 Å². The zero-order chi connectivity index (χ0) is 29.8. The molecule has 214 valence electrons. The van der Waals surface area contributed by atoms with Crippen LogP contribution in [-0.4, -0.2) is 31.9 Å². The van der Waals surface area contributed by atoms with Gasteiger partial charge in [-0.3, -0.25) is 14.6 Å². The molecule has 0 atom stereocenters. The zero-order valence-electron chi connectivity index (χ0n) is 21.2. The van der Waals surface area contributed by atoms with Crippen molar-refractivity contribution in [3.05, 3.63) is 88.9 Å². The minimum atomic E-state index is -4.57. The van der Waals surface area contributed by atoms with Gasteiger partial charge in [0.1, 0.15) is 5.69 Å². The number of rotatable bonds is 9. The quantitative estimate of drug-likeness (QED) is 0.175. The summed E-state index contributed by atoms with van der Waals surface area (Å²) in [4.78, 5) is 36.2. The Morgan fingerprint density at radius 1 is 0.829 bits per heavy atom. The number of amides is 1. The first-order valence-corrected chi connectivity index (χ1v) is 12.3. The molecule has 4 aromatic rings. The summed E-state index contributed by atoms with van der Waals surface area (Å²) in [5, 5.41) is 11.5. The Bertz CT molecular complexity index is 1550. The number of pyridine rings is 1. The molecule has 7 nitrogen and oxygen atoms in total. The molecule has 0 saturated carbocycles. The zero-order valence-corrected chi connectivity index (χ0v) is 21.2. The van der Waals surface area contributed by atoms with E-state index in [9.17, 15) is 35.9 Å². The first-order valence-electron chi connectivity index (χ1n) is 12.3. The molecule has 0 aliphatic carbocycles. The third kappa shape index (κ3) is 7.56. The van der Waals surface area contributed by atoms with Gasteiger partial charge in [0.15, 0.2) is 0 Å². The van der Waals surface area contributed by atoms with Crippen LogP contribution in [0.25, 0.3) is 22.3 Å². The summed E-state index contributed by atoms with van der Waals surface area (Å²) in [6.07, 6.45) is -7.04. The third-order valence-corrected chi connectivity index (χ3v) is 6.11. The van der Waals surface area contributed by atoms with Crippen LogP contribution in [0, 0.1) is 0 Å². The van der Waals surface area contributed by atoms with E-state index in [0.29, 0.717) is 52.8 Å². The van der Waals surface area contributed by atoms with Gasteiger partial charge in [-0.1, -0.05) is 18.2 Å². The second-order valence-corrected chi connectivity index (χ2v) is 9.13. The Morgan fingerprint density at radius 3 is 2.17 bits per heavy atom. The molecule has 13 heteroatoms. The molecule has 0 aliphatic heterocycles. The molecule has 0 bridgehead atoms. The number of carbonyl (C=O) groups excluding carboxylic acids is 1. The number of hydrogen-bond donors (Lipinski definition) is 2. The number of nitrogens with one attached hydrogen (secondary N) is 1. The highest BCUT2D eigenvalue weighted by atomic mass is 19.4. The minimum Gasteiger partial charge on any atom is -0.481 e. The normalized spacial score (nSPS) is 12.0. The van der Waals surface area contributed by atoms with E-state index in [-0.39, 0.29) is 18.5 Å². The third-order valence-electron chi connectivity index (χ3n) is 6.11. The Hall–Kier alpha value is -4.55. The Balaban J connectivity index is 1.58. The number of hydrogen-bond acceptors (Lipinski definition) is 5. The molecule has 2 aromatic carbocycles. The van der Waals surface area contributed by atoms with Gasteiger partial charge >= 0.3 is 18.3 Å². The molecule has 0 radical (unpaired) electrons. The van der Waals surface area contributed by atoms with Crippen molar-refractivity contribution in [3.8, 4) is 11.3 Å². The van der Waals surface area contributed by atoms with E-state index in [1.807, 2.05) is 0 Å². The molecule has 0 aliphatic rings. The van der Waals surface area contributed by atoms with Crippen molar-refractivity contribution in [2.24, 2.45) is 0 Å². The molecule has 41 heavy (non-hydrogen) atoms. The average Bonchev–Trinajstić information content (AvgIpc) is 2.92. The van der Waals surface area contributed by atoms with Gasteiger partial charge in [-0.25, -0.2) is 9.97 Å². The maximum absolute atomic E-state index is 13.0. The van der Waals surface area contributed by atoms with Crippen LogP contribution in [0.4, 0.5) is 26.3 Å². The van der Waals surface area contributed by atoms with Crippen molar-refractivity contribution in [1.29, 1.82) is 0 Å². The average molecular weight is 576 g/mol. The lowest BCUT2D eigenvalue weighted by molar-refractivity contribution is -0.141. The molecule has 0 fully saturated rings. The van der Waals surface area contributed by atoms with Gasteiger partial charge in [-0.2, -0.15) is 26.3 Å². The van der Waals surface area contributed by atoms with Crippen molar-refractivity contribution in [2.45, 2.75) is 44.6 Å². The fourth-order valence-corrected chi connectivity index (χ4v) is 4.00. The second-order valence-electron chi connectivity index (χ2n) is 9.13. The van der Waals surface area contributed by atoms with E-state index in [1.54, 1.807) is 0 Å². The fourth-order valence-electron chi connectivity index (χ4n) is 4.00. The Kier molecular flexibility index (Phi) is 8.55. The van der Waals surface area contributed by atoms with Crippen molar-refractivity contribution < 1.29 is 41.0 Å². The highest BCUT2D eigenvalue weighted by Gasteiger charge is 2.32. The number of alkyl halides is 6.